The second-order valence-corrected chi connectivity index (χ2v) is 9.07. The first-order valence-corrected chi connectivity index (χ1v) is 11.7. The summed E-state index contributed by atoms with van der Waals surface area (Å²) in [6, 6.07) is 16.4. The van der Waals surface area contributed by atoms with Crippen LogP contribution in [0, 0.1) is 5.92 Å². The summed E-state index contributed by atoms with van der Waals surface area (Å²) in [4.78, 5) is 39.3. The third-order valence-corrected chi connectivity index (χ3v) is 6.55. The minimum atomic E-state index is -0.854. The molecule has 0 spiro atoms. The largest absolute Gasteiger partial charge is 0.480 e. The Labute approximate surface area is 199 Å². The molecule has 1 fully saturated rings. The number of hydrogen-bond acceptors (Lipinski definition) is 5. The van der Waals surface area contributed by atoms with E-state index in [0.717, 1.165) is 0 Å². The Kier molecular flexibility index (Phi) is 7.47. The Morgan fingerprint density at radius 2 is 1.59 bits per heavy atom. The third kappa shape index (κ3) is 5.56. The number of fused-ring (bicyclic) bond motifs is 3. The van der Waals surface area contributed by atoms with Crippen molar-refractivity contribution in [3.8, 4) is 11.1 Å². The first kappa shape index (κ1) is 23.8. The van der Waals surface area contributed by atoms with Crippen molar-refractivity contribution in [3.63, 3.8) is 0 Å². The molecule has 1 atom stereocenters. The van der Waals surface area contributed by atoms with Crippen molar-refractivity contribution in [1.82, 2.24) is 15.1 Å². The van der Waals surface area contributed by atoms with Gasteiger partial charge in [-0.2, -0.15) is 0 Å². The number of carbonyl (C=O) groups is 3. The number of nitrogens with zero attached hydrogens (tertiary/aromatic N) is 2. The van der Waals surface area contributed by atoms with Crippen molar-refractivity contribution in [2.24, 2.45) is 5.92 Å². The summed E-state index contributed by atoms with van der Waals surface area (Å²) >= 11 is 0. The summed E-state index contributed by atoms with van der Waals surface area (Å²) in [5.41, 5.74) is 4.70. The molecule has 1 aliphatic carbocycles. The Hall–Kier alpha value is -3.39. The van der Waals surface area contributed by atoms with Gasteiger partial charge in [-0.05, 0) is 28.2 Å². The van der Waals surface area contributed by atoms with Crippen LogP contribution in [0.4, 0.5) is 4.79 Å². The van der Waals surface area contributed by atoms with E-state index < -0.39 is 12.1 Å². The molecule has 1 heterocycles. The van der Waals surface area contributed by atoms with Crippen LogP contribution >= 0.6 is 0 Å². The number of carbonyl (C=O) groups excluding carboxylic acids is 2. The molecule has 8 heteroatoms. The zero-order valence-electron chi connectivity index (χ0n) is 19.4. The standard InChI is InChI=1S/C26H31N3O5/c1-18(14-24(30)29-12-10-28(11-13-29)16-25(31)32)15-27-26(33)34-17-23-21-8-4-2-6-19(21)20-7-3-5-9-22(20)23/h2-9,18,23H,10-17H2,1H3,(H,27,33)(H,31,32). The van der Waals surface area contributed by atoms with Gasteiger partial charge in [-0.3, -0.25) is 14.5 Å². The molecule has 1 saturated heterocycles. The number of carboxylic acids is 1. The molecule has 2 aliphatic rings. The Bertz CT molecular complexity index is 1000. The van der Waals surface area contributed by atoms with Crippen LogP contribution in [0.2, 0.25) is 0 Å². The molecular formula is C26H31N3O5. The summed E-state index contributed by atoms with van der Waals surface area (Å²) in [5.74, 6) is -0.855. The lowest BCUT2D eigenvalue weighted by Crippen LogP contribution is -2.50. The van der Waals surface area contributed by atoms with Crippen molar-refractivity contribution in [2.45, 2.75) is 19.3 Å². The van der Waals surface area contributed by atoms with Crippen LogP contribution in [-0.4, -0.2) is 78.8 Å². The molecule has 2 aromatic rings. The highest BCUT2D eigenvalue weighted by molar-refractivity contribution is 5.79. The van der Waals surface area contributed by atoms with Crippen molar-refractivity contribution >= 4 is 18.0 Å². The number of benzene rings is 2. The maximum Gasteiger partial charge on any atom is 0.407 e. The number of rotatable bonds is 8. The van der Waals surface area contributed by atoms with Crippen LogP contribution in [0.15, 0.2) is 48.5 Å². The van der Waals surface area contributed by atoms with Crippen LogP contribution in [0.3, 0.4) is 0 Å². The molecule has 0 saturated carbocycles. The van der Waals surface area contributed by atoms with E-state index in [1.54, 1.807) is 4.90 Å². The number of amides is 2. The summed E-state index contributed by atoms with van der Waals surface area (Å²) in [6.45, 7) is 4.70. The average molecular weight is 466 g/mol. The van der Waals surface area contributed by atoms with Gasteiger partial charge in [0.15, 0.2) is 0 Å². The fraction of sp³-hybridized carbons (Fsp3) is 0.423. The number of hydrogen-bond donors (Lipinski definition) is 2. The molecule has 1 unspecified atom stereocenters. The van der Waals surface area contributed by atoms with Crippen LogP contribution in [0.5, 0.6) is 0 Å². The number of alkyl carbamates (subject to hydrolysis) is 1. The zero-order valence-corrected chi connectivity index (χ0v) is 19.4. The monoisotopic (exact) mass is 465 g/mol. The van der Waals surface area contributed by atoms with E-state index in [9.17, 15) is 14.4 Å². The Balaban J connectivity index is 1.20. The summed E-state index contributed by atoms with van der Waals surface area (Å²) in [5, 5.41) is 11.7. The molecule has 2 amide bonds. The molecule has 2 N–H and O–H groups in total. The maximum absolute atomic E-state index is 12.6. The molecule has 8 nitrogen and oxygen atoms in total. The van der Waals surface area contributed by atoms with Gasteiger partial charge >= 0.3 is 12.1 Å². The van der Waals surface area contributed by atoms with Crippen molar-refractivity contribution in [2.75, 3.05) is 45.9 Å². The lowest BCUT2D eigenvalue weighted by molar-refractivity contribution is -0.139. The predicted molar refractivity (Wildman–Crippen MR) is 128 cm³/mol. The summed E-state index contributed by atoms with van der Waals surface area (Å²) in [6.07, 6.45) is -0.161. The zero-order chi connectivity index (χ0) is 24.1. The Morgan fingerprint density at radius 1 is 1.00 bits per heavy atom. The highest BCUT2D eigenvalue weighted by Gasteiger charge is 2.29. The van der Waals surface area contributed by atoms with E-state index in [0.29, 0.717) is 39.1 Å². The van der Waals surface area contributed by atoms with Crippen LogP contribution < -0.4 is 5.32 Å². The first-order chi connectivity index (χ1) is 16.4. The Morgan fingerprint density at radius 3 is 2.18 bits per heavy atom. The van der Waals surface area contributed by atoms with E-state index in [-0.39, 0.29) is 30.9 Å². The van der Waals surface area contributed by atoms with E-state index >= 15 is 0 Å². The number of ether oxygens (including phenoxy) is 1. The first-order valence-electron chi connectivity index (χ1n) is 11.7. The maximum atomic E-state index is 12.6. The van der Waals surface area contributed by atoms with E-state index in [1.807, 2.05) is 36.1 Å². The van der Waals surface area contributed by atoms with Gasteiger partial charge in [0.1, 0.15) is 6.61 Å². The van der Waals surface area contributed by atoms with Crippen molar-refractivity contribution in [3.05, 3.63) is 59.7 Å². The smallest absolute Gasteiger partial charge is 0.407 e. The van der Waals surface area contributed by atoms with Gasteiger partial charge in [0.25, 0.3) is 0 Å². The second-order valence-electron chi connectivity index (χ2n) is 9.07. The number of aliphatic carboxylic acids is 1. The van der Waals surface area contributed by atoms with Crippen molar-refractivity contribution < 1.29 is 24.2 Å². The number of carboxylic acid groups (broad SMARTS) is 1. The summed E-state index contributed by atoms with van der Waals surface area (Å²) in [7, 11) is 0. The van der Waals surface area contributed by atoms with E-state index in [4.69, 9.17) is 9.84 Å². The van der Waals surface area contributed by atoms with E-state index in [2.05, 4.69) is 29.6 Å². The topological polar surface area (TPSA) is 99.2 Å². The highest BCUT2D eigenvalue weighted by Crippen LogP contribution is 2.44. The lowest BCUT2D eigenvalue weighted by atomic mass is 9.98. The minimum Gasteiger partial charge on any atom is -0.480 e. The van der Waals surface area contributed by atoms with Crippen LogP contribution in [0.25, 0.3) is 11.1 Å². The highest BCUT2D eigenvalue weighted by atomic mass is 16.5. The van der Waals surface area contributed by atoms with Crippen LogP contribution in [0.1, 0.15) is 30.4 Å². The second kappa shape index (κ2) is 10.7. The summed E-state index contributed by atoms with van der Waals surface area (Å²) < 4.78 is 5.56. The molecule has 2 aromatic carbocycles. The van der Waals surface area contributed by atoms with Gasteiger partial charge in [0.05, 0.1) is 6.54 Å². The molecule has 4 rings (SSSR count). The molecular weight excluding hydrogens is 434 g/mol. The van der Waals surface area contributed by atoms with Crippen molar-refractivity contribution in [1.29, 1.82) is 0 Å². The predicted octanol–water partition coefficient (Wildman–Crippen LogP) is 2.78. The normalized spacial score (nSPS) is 16.4. The van der Waals surface area contributed by atoms with Gasteiger partial charge in [0.2, 0.25) is 5.91 Å². The molecule has 180 valence electrons. The van der Waals surface area contributed by atoms with Gasteiger partial charge in [-0.15, -0.1) is 0 Å². The average Bonchev–Trinajstić information content (AvgIpc) is 3.15. The lowest BCUT2D eigenvalue weighted by Gasteiger charge is -2.34. The molecule has 0 aromatic heterocycles. The van der Waals surface area contributed by atoms with Gasteiger partial charge in [-0.25, -0.2) is 4.79 Å². The third-order valence-electron chi connectivity index (χ3n) is 6.55. The van der Waals surface area contributed by atoms with Gasteiger partial charge < -0.3 is 20.1 Å². The SMILES string of the molecule is CC(CNC(=O)OCC1c2ccccc2-c2ccccc21)CC(=O)N1CCN(CC(=O)O)CC1. The van der Waals surface area contributed by atoms with Gasteiger partial charge in [-0.1, -0.05) is 55.5 Å². The molecule has 1 aliphatic heterocycles. The molecule has 0 bridgehead atoms. The molecule has 0 radical (unpaired) electrons. The fourth-order valence-corrected chi connectivity index (χ4v) is 4.75. The number of piperazine rings is 1. The van der Waals surface area contributed by atoms with E-state index in [1.165, 1.54) is 22.3 Å². The number of nitrogens with one attached hydrogen (secondary N) is 1. The minimum absolute atomic E-state index is 0.00247. The molecule has 34 heavy (non-hydrogen) atoms. The van der Waals surface area contributed by atoms with Crippen LogP contribution in [-0.2, 0) is 14.3 Å². The van der Waals surface area contributed by atoms with Gasteiger partial charge in [0, 0.05) is 45.1 Å². The fourth-order valence-electron chi connectivity index (χ4n) is 4.75. The quantitative estimate of drug-likeness (QED) is 0.622.